The first kappa shape index (κ1) is 21.1. The second kappa shape index (κ2) is 10.2. The molecule has 0 saturated carbocycles. The highest BCUT2D eigenvalue weighted by atomic mass is 32.2. The number of nitrogens with zero attached hydrogens (tertiary/aromatic N) is 1. The van der Waals surface area contributed by atoms with Crippen LogP contribution in [0.1, 0.15) is 39.5 Å². The van der Waals surface area contributed by atoms with Crippen molar-refractivity contribution in [3.8, 4) is 0 Å². The molecule has 0 radical (unpaired) electrons. The van der Waals surface area contributed by atoms with Crippen molar-refractivity contribution < 1.29 is 13.2 Å². The molecule has 1 fully saturated rings. The second-order valence-corrected chi connectivity index (χ2v) is 8.88. The number of benzene rings is 1. The first-order valence-electron chi connectivity index (χ1n) is 9.19. The van der Waals surface area contributed by atoms with E-state index in [1.807, 2.05) is 0 Å². The van der Waals surface area contributed by atoms with Crippen molar-refractivity contribution in [1.29, 1.82) is 0 Å². The first-order valence-corrected chi connectivity index (χ1v) is 11.0. The van der Waals surface area contributed by atoms with E-state index in [4.69, 9.17) is 17.0 Å². The summed E-state index contributed by atoms with van der Waals surface area (Å²) in [6, 6.07) is 7.01. The third-order valence-corrected chi connectivity index (χ3v) is 6.47. The smallest absolute Gasteiger partial charge is 0.243 e. The van der Waals surface area contributed by atoms with Gasteiger partial charge in [0.05, 0.1) is 18.1 Å². The van der Waals surface area contributed by atoms with E-state index in [-0.39, 0.29) is 4.90 Å². The fraction of sp³-hybridized carbons (Fsp3) is 0.611. The van der Waals surface area contributed by atoms with Gasteiger partial charge in [0.15, 0.2) is 5.11 Å². The summed E-state index contributed by atoms with van der Waals surface area (Å²) in [5.41, 5.74) is 0.768. The molecular formula is C18H29N3O3S2. The van der Waals surface area contributed by atoms with Crippen LogP contribution in [-0.2, 0) is 14.8 Å². The van der Waals surface area contributed by atoms with Crippen molar-refractivity contribution in [3.05, 3.63) is 24.3 Å². The number of rotatable bonds is 8. The number of ether oxygens (including phenoxy) is 1. The highest BCUT2D eigenvalue weighted by Gasteiger charge is 2.26. The SMILES string of the molecule is CCCCCC(C)NC(=S)Nc1ccc(S(=O)(=O)N2CCOCC2)cc1. The Morgan fingerprint density at radius 2 is 1.88 bits per heavy atom. The highest BCUT2D eigenvalue weighted by molar-refractivity contribution is 7.89. The Kier molecular flexibility index (Phi) is 8.27. The maximum Gasteiger partial charge on any atom is 0.243 e. The van der Waals surface area contributed by atoms with Gasteiger partial charge in [-0.3, -0.25) is 0 Å². The van der Waals surface area contributed by atoms with Gasteiger partial charge in [0.1, 0.15) is 0 Å². The molecule has 1 aromatic carbocycles. The van der Waals surface area contributed by atoms with Gasteiger partial charge in [-0.1, -0.05) is 26.2 Å². The number of sulfonamides is 1. The summed E-state index contributed by atoms with van der Waals surface area (Å²) in [7, 11) is -3.46. The molecule has 6 nitrogen and oxygen atoms in total. The van der Waals surface area contributed by atoms with Crippen molar-refractivity contribution >= 4 is 33.0 Å². The maximum atomic E-state index is 12.6. The highest BCUT2D eigenvalue weighted by Crippen LogP contribution is 2.19. The molecule has 1 heterocycles. The van der Waals surface area contributed by atoms with E-state index < -0.39 is 10.0 Å². The quantitative estimate of drug-likeness (QED) is 0.517. The Morgan fingerprint density at radius 3 is 2.50 bits per heavy atom. The van der Waals surface area contributed by atoms with Gasteiger partial charge < -0.3 is 15.4 Å². The molecule has 2 N–H and O–H groups in total. The average Bonchev–Trinajstić information content (AvgIpc) is 2.63. The second-order valence-electron chi connectivity index (χ2n) is 6.54. The third-order valence-electron chi connectivity index (χ3n) is 4.34. The van der Waals surface area contributed by atoms with Crippen LogP contribution in [0.5, 0.6) is 0 Å². The molecule has 146 valence electrons. The molecule has 0 bridgehead atoms. The van der Waals surface area contributed by atoms with Crippen LogP contribution in [0.2, 0.25) is 0 Å². The third kappa shape index (κ3) is 6.19. The van der Waals surface area contributed by atoms with Crippen LogP contribution in [0.15, 0.2) is 29.2 Å². The van der Waals surface area contributed by atoms with Gasteiger partial charge in [-0.05, 0) is 49.8 Å². The molecule has 8 heteroatoms. The standard InChI is InChI=1S/C18H29N3O3S2/c1-3-4-5-6-15(2)19-18(25)20-16-7-9-17(10-8-16)26(22,23)21-11-13-24-14-12-21/h7-10,15H,3-6,11-14H2,1-2H3,(H2,19,20,25). The summed E-state index contributed by atoms with van der Waals surface area (Å²) >= 11 is 5.34. The monoisotopic (exact) mass is 399 g/mol. The number of hydrogen-bond donors (Lipinski definition) is 2. The molecule has 0 aromatic heterocycles. The Hall–Kier alpha value is -1.22. The Labute approximate surface area is 162 Å². The van der Waals surface area contributed by atoms with E-state index in [0.29, 0.717) is 37.5 Å². The van der Waals surface area contributed by atoms with Crippen molar-refractivity contribution in [2.75, 3.05) is 31.6 Å². The zero-order chi connectivity index (χ0) is 19.0. The van der Waals surface area contributed by atoms with Crippen LogP contribution in [0.3, 0.4) is 0 Å². The van der Waals surface area contributed by atoms with Crippen LogP contribution < -0.4 is 10.6 Å². The zero-order valence-corrected chi connectivity index (χ0v) is 17.2. The molecule has 0 aliphatic carbocycles. The minimum absolute atomic E-state index is 0.289. The Balaban J connectivity index is 1.89. The zero-order valence-electron chi connectivity index (χ0n) is 15.5. The predicted octanol–water partition coefficient (Wildman–Crippen LogP) is 2.96. The molecule has 0 amide bonds. The number of thiocarbonyl (C=S) groups is 1. The number of nitrogens with one attached hydrogen (secondary N) is 2. The lowest BCUT2D eigenvalue weighted by Crippen LogP contribution is -2.40. The van der Waals surface area contributed by atoms with Gasteiger partial charge in [-0.2, -0.15) is 4.31 Å². The van der Waals surface area contributed by atoms with E-state index in [1.54, 1.807) is 24.3 Å². The van der Waals surface area contributed by atoms with Gasteiger partial charge in [-0.25, -0.2) is 8.42 Å². The topological polar surface area (TPSA) is 70.7 Å². The van der Waals surface area contributed by atoms with Crippen LogP contribution in [0.25, 0.3) is 0 Å². The van der Waals surface area contributed by atoms with Crippen LogP contribution in [0, 0.1) is 0 Å². The Bertz CT molecular complexity index is 671. The Morgan fingerprint density at radius 1 is 1.23 bits per heavy atom. The lowest BCUT2D eigenvalue weighted by Gasteiger charge is -2.26. The van der Waals surface area contributed by atoms with Gasteiger partial charge in [0.2, 0.25) is 10.0 Å². The number of hydrogen-bond acceptors (Lipinski definition) is 4. The molecule has 1 aliphatic rings. The van der Waals surface area contributed by atoms with Crippen LogP contribution in [-0.4, -0.2) is 50.2 Å². The van der Waals surface area contributed by atoms with Crippen molar-refractivity contribution in [2.24, 2.45) is 0 Å². The number of anilines is 1. The van der Waals surface area contributed by atoms with Crippen LogP contribution >= 0.6 is 12.2 Å². The summed E-state index contributed by atoms with van der Waals surface area (Å²) in [6.07, 6.45) is 4.69. The minimum atomic E-state index is -3.46. The first-order chi connectivity index (χ1) is 12.4. The number of unbranched alkanes of at least 4 members (excludes halogenated alkanes) is 2. The molecule has 1 aromatic rings. The number of morpholine rings is 1. The van der Waals surface area contributed by atoms with E-state index in [2.05, 4.69) is 24.5 Å². The molecular weight excluding hydrogens is 370 g/mol. The van der Waals surface area contributed by atoms with Crippen molar-refractivity contribution in [2.45, 2.75) is 50.5 Å². The molecule has 1 unspecified atom stereocenters. The minimum Gasteiger partial charge on any atom is -0.379 e. The van der Waals surface area contributed by atoms with Crippen molar-refractivity contribution in [3.63, 3.8) is 0 Å². The maximum absolute atomic E-state index is 12.6. The molecule has 0 spiro atoms. The largest absolute Gasteiger partial charge is 0.379 e. The average molecular weight is 400 g/mol. The van der Waals surface area contributed by atoms with E-state index in [9.17, 15) is 8.42 Å². The van der Waals surface area contributed by atoms with Crippen LogP contribution in [0.4, 0.5) is 5.69 Å². The molecule has 1 saturated heterocycles. The molecule has 1 atom stereocenters. The fourth-order valence-corrected chi connectivity index (χ4v) is 4.54. The summed E-state index contributed by atoms with van der Waals surface area (Å²) in [5, 5.41) is 6.93. The van der Waals surface area contributed by atoms with Gasteiger partial charge in [0, 0.05) is 24.8 Å². The van der Waals surface area contributed by atoms with E-state index in [0.717, 1.165) is 12.1 Å². The van der Waals surface area contributed by atoms with E-state index >= 15 is 0 Å². The van der Waals surface area contributed by atoms with Gasteiger partial charge in [0.25, 0.3) is 0 Å². The molecule has 26 heavy (non-hydrogen) atoms. The molecule has 2 rings (SSSR count). The van der Waals surface area contributed by atoms with E-state index in [1.165, 1.54) is 23.6 Å². The predicted molar refractivity (Wildman–Crippen MR) is 109 cm³/mol. The summed E-state index contributed by atoms with van der Waals surface area (Å²) in [6.45, 7) is 5.97. The lowest BCUT2D eigenvalue weighted by atomic mass is 10.1. The van der Waals surface area contributed by atoms with Crippen molar-refractivity contribution in [1.82, 2.24) is 9.62 Å². The van der Waals surface area contributed by atoms with Gasteiger partial charge in [-0.15, -0.1) is 0 Å². The summed E-state index contributed by atoms with van der Waals surface area (Å²) < 4.78 is 31.9. The summed E-state index contributed by atoms with van der Waals surface area (Å²) in [5.74, 6) is 0. The fourth-order valence-electron chi connectivity index (χ4n) is 2.81. The normalized spacial score (nSPS) is 16.8. The lowest BCUT2D eigenvalue weighted by molar-refractivity contribution is 0.0730. The van der Waals surface area contributed by atoms with Gasteiger partial charge >= 0.3 is 0 Å². The summed E-state index contributed by atoms with van der Waals surface area (Å²) in [4.78, 5) is 0.289. The molecule has 1 aliphatic heterocycles.